The number of aryl methyl sites for hydroxylation is 1. The lowest BCUT2D eigenvalue weighted by Crippen LogP contribution is -2.09. The van der Waals surface area contributed by atoms with Gasteiger partial charge in [0, 0.05) is 12.1 Å². The first-order valence-corrected chi connectivity index (χ1v) is 6.33. The fourth-order valence-corrected chi connectivity index (χ4v) is 1.95. The van der Waals surface area contributed by atoms with Gasteiger partial charge in [0.2, 0.25) is 0 Å². The Bertz CT molecular complexity index is 526. The molecule has 0 fully saturated rings. The van der Waals surface area contributed by atoms with Crippen molar-refractivity contribution in [1.29, 1.82) is 0 Å². The average molecular weight is 262 g/mol. The first kappa shape index (κ1) is 12.8. The maximum atomic E-state index is 6.02. The predicted molar refractivity (Wildman–Crippen MR) is 75.2 cm³/mol. The summed E-state index contributed by atoms with van der Waals surface area (Å²) in [5, 5.41) is 3.83. The van der Waals surface area contributed by atoms with Crippen LogP contribution in [0.4, 0.5) is 5.82 Å². The van der Waals surface area contributed by atoms with Gasteiger partial charge in [-0.2, -0.15) is 0 Å². The monoisotopic (exact) mass is 261 g/mol. The molecule has 4 heteroatoms. The van der Waals surface area contributed by atoms with Crippen LogP contribution in [0.15, 0.2) is 30.3 Å². The molecular formula is C14H16ClN3. The van der Waals surface area contributed by atoms with E-state index in [4.69, 9.17) is 11.6 Å². The van der Waals surface area contributed by atoms with E-state index in [1.54, 1.807) is 0 Å². The molecule has 1 heterocycles. The predicted octanol–water partition coefficient (Wildman–Crippen LogP) is 3.40. The Morgan fingerprint density at radius 2 is 1.83 bits per heavy atom. The normalized spacial score (nSPS) is 10.4. The van der Waals surface area contributed by atoms with Crippen LogP contribution < -0.4 is 5.32 Å². The zero-order chi connectivity index (χ0) is 13.0. The zero-order valence-corrected chi connectivity index (χ0v) is 11.3. The molecule has 1 aromatic carbocycles. The Morgan fingerprint density at radius 3 is 2.56 bits per heavy atom. The van der Waals surface area contributed by atoms with E-state index in [0.717, 1.165) is 24.3 Å². The molecule has 0 aliphatic rings. The van der Waals surface area contributed by atoms with Crippen LogP contribution in [0.25, 0.3) is 0 Å². The molecular weight excluding hydrogens is 246 g/mol. The number of aromatic nitrogens is 2. The van der Waals surface area contributed by atoms with Crippen molar-refractivity contribution in [2.24, 2.45) is 0 Å². The average Bonchev–Trinajstić information content (AvgIpc) is 2.36. The number of hydrogen-bond acceptors (Lipinski definition) is 3. The van der Waals surface area contributed by atoms with Crippen LogP contribution in [0.2, 0.25) is 5.15 Å². The van der Waals surface area contributed by atoms with Gasteiger partial charge in [-0.1, -0.05) is 41.9 Å². The molecule has 0 spiro atoms. The highest BCUT2D eigenvalue weighted by atomic mass is 35.5. The molecule has 0 radical (unpaired) electrons. The Balaban J connectivity index is 1.99. The molecule has 18 heavy (non-hydrogen) atoms. The number of hydrogen-bond donors (Lipinski definition) is 1. The van der Waals surface area contributed by atoms with Crippen LogP contribution in [0.5, 0.6) is 0 Å². The molecule has 0 bridgehead atoms. The minimum absolute atomic E-state index is 0.518. The minimum atomic E-state index is 0.518. The van der Waals surface area contributed by atoms with Gasteiger partial charge in [0.15, 0.2) is 0 Å². The van der Waals surface area contributed by atoms with Crippen LogP contribution in [-0.4, -0.2) is 16.5 Å². The molecule has 0 aliphatic heterocycles. The Labute approximate surface area is 112 Å². The molecule has 2 rings (SSSR count). The van der Waals surface area contributed by atoms with Crippen molar-refractivity contribution in [1.82, 2.24) is 9.97 Å². The highest BCUT2D eigenvalue weighted by Crippen LogP contribution is 2.19. The SMILES string of the molecule is Cc1nc(Cl)c(C)c(NCCc2ccccc2)n1. The highest BCUT2D eigenvalue weighted by Gasteiger charge is 2.06. The van der Waals surface area contributed by atoms with Crippen LogP contribution in [0.3, 0.4) is 0 Å². The summed E-state index contributed by atoms with van der Waals surface area (Å²) in [5.41, 5.74) is 2.20. The van der Waals surface area contributed by atoms with E-state index < -0.39 is 0 Å². The lowest BCUT2D eigenvalue weighted by Gasteiger charge is -2.10. The first-order chi connectivity index (χ1) is 8.66. The van der Waals surface area contributed by atoms with Gasteiger partial charge in [-0.15, -0.1) is 0 Å². The van der Waals surface area contributed by atoms with Crippen molar-refractivity contribution in [3.63, 3.8) is 0 Å². The summed E-state index contributed by atoms with van der Waals surface area (Å²) in [7, 11) is 0. The van der Waals surface area contributed by atoms with Gasteiger partial charge in [0.25, 0.3) is 0 Å². The minimum Gasteiger partial charge on any atom is -0.369 e. The van der Waals surface area contributed by atoms with Crippen molar-refractivity contribution in [2.45, 2.75) is 20.3 Å². The molecule has 0 unspecified atom stereocenters. The van der Waals surface area contributed by atoms with Crippen LogP contribution in [-0.2, 0) is 6.42 Å². The van der Waals surface area contributed by atoms with Gasteiger partial charge in [-0.3, -0.25) is 0 Å². The molecule has 1 N–H and O–H groups in total. The van der Waals surface area contributed by atoms with E-state index in [1.165, 1.54) is 5.56 Å². The summed E-state index contributed by atoms with van der Waals surface area (Å²) in [6.07, 6.45) is 0.959. The molecule has 0 amide bonds. The third kappa shape index (κ3) is 3.20. The quantitative estimate of drug-likeness (QED) is 0.858. The second-order valence-corrected chi connectivity index (χ2v) is 4.56. The second kappa shape index (κ2) is 5.83. The fraction of sp³-hybridized carbons (Fsp3) is 0.286. The number of benzene rings is 1. The van der Waals surface area contributed by atoms with E-state index in [2.05, 4.69) is 27.4 Å². The largest absolute Gasteiger partial charge is 0.369 e. The van der Waals surface area contributed by atoms with Gasteiger partial charge < -0.3 is 5.32 Å². The number of anilines is 1. The maximum Gasteiger partial charge on any atom is 0.137 e. The Hall–Kier alpha value is -1.61. The van der Waals surface area contributed by atoms with Crippen molar-refractivity contribution in [3.8, 4) is 0 Å². The molecule has 0 aliphatic carbocycles. The Kier molecular flexibility index (Phi) is 4.15. The summed E-state index contributed by atoms with van der Waals surface area (Å²) in [4.78, 5) is 8.47. The number of halogens is 1. The molecule has 94 valence electrons. The van der Waals surface area contributed by atoms with E-state index in [-0.39, 0.29) is 0 Å². The third-order valence-electron chi connectivity index (χ3n) is 2.75. The van der Waals surface area contributed by atoms with Crippen molar-refractivity contribution in [3.05, 3.63) is 52.4 Å². The van der Waals surface area contributed by atoms with Crippen molar-refractivity contribution in [2.75, 3.05) is 11.9 Å². The number of nitrogens with zero attached hydrogens (tertiary/aromatic N) is 2. The summed E-state index contributed by atoms with van der Waals surface area (Å²) in [6.45, 7) is 4.60. The Morgan fingerprint density at radius 1 is 1.11 bits per heavy atom. The van der Waals surface area contributed by atoms with E-state index >= 15 is 0 Å². The lowest BCUT2D eigenvalue weighted by atomic mass is 10.1. The molecule has 1 aromatic heterocycles. The summed E-state index contributed by atoms with van der Waals surface area (Å²) in [5.74, 6) is 1.51. The third-order valence-corrected chi connectivity index (χ3v) is 3.12. The van der Waals surface area contributed by atoms with Gasteiger partial charge in [-0.25, -0.2) is 9.97 Å². The van der Waals surface area contributed by atoms with Gasteiger partial charge >= 0.3 is 0 Å². The molecule has 0 saturated heterocycles. The molecule has 0 saturated carbocycles. The van der Waals surface area contributed by atoms with E-state index in [1.807, 2.05) is 32.0 Å². The smallest absolute Gasteiger partial charge is 0.137 e. The first-order valence-electron chi connectivity index (χ1n) is 5.95. The summed E-state index contributed by atoms with van der Waals surface area (Å²) in [6, 6.07) is 10.4. The van der Waals surface area contributed by atoms with Gasteiger partial charge in [0.05, 0.1) is 0 Å². The van der Waals surface area contributed by atoms with Crippen LogP contribution >= 0.6 is 11.6 Å². The molecule has 0 atom stereocenters. The highest BCUT2D eigenvalue weighted by molar-refractivity contribution is 6.30. The van der Waals surface area contributed by atoms with Gasteiger partial charge in [-0.05, 0) is 25.8 Å². The standard InChI is InChI=1S/C14H16ClN3/c1-10-13(15)17-11(2)18-14(10)16-9-8-12-6-4-3-5-7-12/h3-7H,8-9H2,1-2H3,(H,16,17,18). The van der Waals surface area contributed by atoms with Gasteiger partial charge in [0.1, 0.15) is 16.8 Å². The topological polar surface area (TPSA) is 37.8 Å². The zero-order valence-electron chi connectivity index (χ0n) is 10.6. The molecule has 2 aromatic rings. The maximum absolute atomic E-state index is 6.02. The lowest BCUT2D eigenvalue weighted by molar-refractivity contribution is 0.970. The summed E-state index contributed by atoms with van der Waals surface area (Å²) >= 11 is 6.02. The second-order valence-electron chi connectivity index (χ2n) is 4.20. The summed E-state index contributed by atoms with van der Waals surface area (Å²) < 4.78 is 0. The number of nitrogens with one attached hydrogen (secondary N) is 1. The number of rotatable bonds is 4. The van der Waals surface area contributed by atoms with E-state index in [9.17, 15) is 0 Å². The fourth-order valence-electron chi connectivity index (χ4n) is 1.74. The van der Waals surface area contributed by atoms with Crippen molar-refractivity contribution < 1.29 is 0 Å². The van der Waals surface area contributed by atoms with E-state index in [0.29, 0.717) is 11.0 Å². The van der Waals surface area contributed by atoms with Crippen molar-refractivity contribution >= 4 is 17.4 Å². The molecule has 3 nitrogen and oxygen atoms in total. The van der Waals surface area contributed by atoms with Crippen LogP contribution in [0.1, 0.15) is 17.0 Å². The van der Waals surface area contributed by atoms with Crippen LogP contribution in [0, 0.1) is 13.8 Å².